The van der Waals surface area contributed by atoms with Crippen LogP contribution in [0.3, 0.4) is 0 Å². The normalized spacial score (nSPS) is 22.9. The number of esters is 1. The first-order chi connectivity index (χ1) is 29.5. The van der Waals surface area contributed by atoms with E-state index in [1.54, 1.807) is 38.7 Å². The Labute approximate surface area is 361 Å². The molecular formula is C46H60FN5O10. The van der Waals surface area contributed by atoms with Gasteiger partial charge in [0.25, 0.3) is 0 Å². The second kappa shape index (κ2) is 19.5. The number of ketones is 1. The molecule has 2 fully saturated rings. The van der Waals surface area contributed by atoms with Crippen molar-refractivity contribution in [2.45, 2.75) is 124 Å². The van der Waals surface area contributed by atoms with E-state index < -0.39 is 41.2 Å². The summed E-state index contributed by atoms with van der Waals surface area (Å²) in [6.45, 7) is 11.2. The third kappa shape index (κ3) is 9.60. The van der Waals surface area contributed by atoms with Gasteiger partial charge in [-0.05, 0) is 68.6 Å². The fourth-order valence-electron chi connectivity index (χ4n) is 9.08. The van der Waals surface area contributed by atoms with Crippen LogP contribution in [0, 0.1) is 42.3 Å². The van der Waals surface area contributed by atoms with Crippen molar-refractivity contribution < 1.29 is 52.5 Å². The van der Waals surface area contributed by atoms with Crippen LogP contribution in [0.1, 0.15) is 115 Å². The molecule has 336 valence electrons. The Morgan fingerprint density at radius 2 is 1.82 bits per heavy atom. The molecule has 5 amide bonds. The number of aryl methyl sites for hydroxylation is 1. The van der Waals surface area contributed by atoms with Crippen molar-refractivity contribution in [2.24, 2.45) is 29.6 Å². The summed E-state index contributed by atoms with van der Waals surface area (Å²) in [6.07, 6.45) is 5.83. The quantitative estimate of drug-likeness (QED) is 0.0737. The van der Waals surface area contributed by atoms with Crippen molar-refractivity contribution in [3.05, 3.63) is 46.4 Å². The topological polar surface area (TPSA) is 202 Å². The first kappa shape index (κ1) is 46.4. The Bertz CT molecular complexity index is 2160. The predicted molar refractivity (Wildman–Crippen MR) is 225 cm³/mol. The summed E-state index contributed by atoms with van der Waals surface area (Å²) in [5.74, 6) is -5.15. The van der Waals surface area contributed by atoms with Crippen LogP contribution in [-0.2, 0) is 56.0 Å². The van der Waals surface area contributed by atoms with Crippen LogP contribution in [0.2, 0.25) is 0 Å². The zero-order chi connectivity index (χ0) is 45.0. The lowest BCUT2D eigenvalue weighted by atomic mass is 9.72. The smallest absolute Gasteiger partial charge is 0.338 e. The summed E-state index contributed by atoms with van der Waals surface area (Å²) in [5, 5.41) is 17.5. The number of ether oxygens (including phenoxy) is 2. The van der Waals surface area contributed by atoms with Gasteiger partial charge >= 0.3 is 5.97 Å². The zero-order valence-corrected chi connectivity index (χ0v) is 36.6. The number of carbonyl (C=O) groups is 7. The number of amides is 5. The fourth-order valence-corrected chi connectivity index (χ4v) is 9.08. The van der Waals surface area contributed by atoms with Crippen molar-refractivity contribution in [1.29, 1.82) is 0 Å². The number of unbranched alkanes of at least 4 members (excludes halogenated alkanes) is 3. The Hall–Kier alpha value is -5.09. The van der Waals surface area contributed by atoms with E-state index in [9.17, 15) is 38.7 Å². The number of hydrogen-bond donors (Lipinski definition) is 3. The lowest BCUT2D eigenvalue weighted by Gasteiger charge is -2.44. The number of Topliss-reactive ketones (excluding diaryl/α,β-unsaturated/α-hetero) is 1. The van der Waals surface area contributed by atoms with Crippen molar-refractivity contribution >= 4 is 57.9 Å². The zero-order valence-electron chi connectivity index (χ0n) is 36.6. The van der Waals surface area contributed by atoms with E-state index in [4.69, 9.17) is 14.5 Å². The first-order valence-electron chi connectivity index (χ1n) is 22.0. The van der Waals surface area contributed by atoms with Gasteiger partial charge in [-0.1, -0.05) is 47.1 Å². The van der Waals surface area contributed by atoms with Crippen LogP contribution in [0.15, 0.2) is 18.2 Å². The molecule has 6 rings (SSSR count). The minimum absolute atomic E-state index is 0.0540. The SMILES string of the molecule is CC[C@@]1(O)C(=O)OCC2C(=O)N3Cc4cc5c(CCCCOCNC(=O)[C@H](C)CC(=O)[C@@H](NC(=O)CCCCCN6C(=O)CC(C)C6=O)C(C)C)c(C)c(F)cc5nc4C3=CC21. The molecule has 0 spiro atoms. The van der Waals surface area contributed by atoms with Crippen LogP contribution in [0.5, 0.6) is 0 Å². The number of aromatic nitrogens is 1. The van der Waals surface area contributed by atoms with Gasteiger partial charge in [-0.2, -0.15) is 0 Å². The van der Waals surface area contributed by atoms with E-state index in [0.717, 1.165) is 16.5 Å². The molecule has 2 saturated heterocycles. The average Bonchev–Trinajstić information content (AvgIpc) is 3.71. The number of halogens is 1. The number of fused-ring (bicyclic) bond motifs is 5. The molecule has 0 saturated carbocycles. The second-order valence-corrected chi connectivity index (χ2v) is 17.7. The molecule has 62 heavy (non-hydrogen) atoms. The maximum atomic E-state index is 15.3. The van der Waals surface area contributed by atoms with Crippen LogP contribution in [0.25, 0.3) is 16.6 Å². The molecule has 3 N–H and O–H groups in total. The first-order valence-corrected chi connectivity index (χ1v) is 22.0. The molecule has 0 bridgehead atoms. The molecule has 0 aliphatic carbocycles. The molecule has 4 aliphatic rings. The highest BCUT2D eigenvalue weighted by atomic mass is 19.1. The molecule has 15 nitrogen and oxygen atoms in total. The molecule has 1 aromatic carbocycles. The monoisotopic (exact) mass is 861 g/mol. The predicted octanol–water partition coefficient (Wildman–Crippen LogP) is 4.41. The molecule has 3 unspecified atom stereocenters. The van der Waals surface area contributed by atoms with Crippen molar-refractivity contribution in [2.75, 3.05) is 26.5 Å². The van der Waals surface area contributed by atoms with Gasteiger partial charge in [0.15, 0.2) is 11.4 Å². The van der Waals surface area contributed by atoms with Crippen molar-refractivity contribution in [3.8, 4) is 0 Å². The number of cyclic esters (lactones) is 1. The lowest BCUT2D eigenvalue weighted by Crippen LogP contribution is -2.58. The van der Waals surface area contributed by atoms with Crippen molar-refractivity contribution in [1.82, 2.24) is 25.4 Å². The molecule has 5 heterocycles. The number of aliphatic hydroxyl groups is 1. The number of rotatable bonds is 20. The van der Waals surface area contributed by atoms with Crippen LogP contribution in [0.4, 0.5) is 4.39 Å². The molecular weight excluding hydrogens is 802 g/mol. The Morgan fingerprint density at radius 1 is 1.06 bits per heavy atom. The summed E-state index contributed by atoms with van der Waals surface area (Å²) >= 11 is 0. The largest absolute Gasteiger partial charge is 0.463 e. The fraction of sp³-hybridized carbons (Fsp3) is 0.609. The minimum Gasteiger partial charge on any atom is -0.463 e. The van der Waals surface area contributed by atoms with Gasteiger partial charge in [0.1, 0.15) is 19.2 Å². The van der Waals surface area contributed by atoms with Gasteiger partial charge in [-0.3, -0.25) is 33.7 Å². The molecule has 1 aromatic heterocycles. The summed E-state index contributed by atoms with van der Waals surface area (Å²) in [7, 11) is 0. The van der Waals surface area contributed by atoms with Gasteiger partial charge in [0, 0.05) is 67.2 Å². The standard InChI is InChI=1S/C46H60FN5O10/c1-7-46(60)33-20-36-41-29(22-52(36)44(58)32(33)23-62-45(46)59)19-31-30(28(6)34(47)21-35(31)49-41)13-10-12-16-61-24-48-42(56)26(4)17-37(53)40(25(2)3)50-38(54)14-9-8-11-15-51-39(55)18-27(5)43(51)57/h19-21,25-27,32-33,40,60H,7-18,22-24H2,1-6H3,(H,48,56)(H,50,54)/t26-,27?,32?,33?,40+,46+/m1/s1. The van der Waals surface area contributed by atoms with Crippen LogP contribution in [-0.4, -0.2) is 99.3 Å². The number of imide groups is 1. The van der Waals surface area contributed by atoms with E-state index in [1.807, 2.05) is 19.9 Å². The summed E-state index contributed by atoms with van der Waals surface area (Å²) in [6, 6.07) is 2.60. The third-order valence-electron chi connectivity index (χ3n) is 12.9. The number of carbonyl (C=O) groups excluding carboxylic acids is 7. The van der Waals surface area contributed by atoms with Crippen molar-refractivity contribution in [3.63, 3.8) is 0 Å². The average molecular weight is 862 g/mol. The van der Waals surface area contributed by atoms with Gasteiger partial charge in [-0.25, -0.2) is 14.2 Å². The van der Waals surface area contributed by atoms with E-state index in [2.05, 4.69) is 10.6 Å². The second-order valence-electron chi connectivity index (χ2n) is 17.7. The number of benzene rings is 1. The van der Waals surface area contributed by atoms with E-state index in [-0.39, 0.29) is 92.7 Å². The van der Waals surface area contributed by atoms with Gasteiger partial charge < -0.3 is 30.1 Å². The molecule has 6 atom stereocenters. The summed E-state index contributed by atoms with van der Waals surface area (Å²) in [4.78, 5) is 96.7. The maximum Gasteiger partial charge on any atom is 0.338 e. The highest BCUT2D eigenvalue weighted by Crippen LogP contribution is 2.46. The maximum absolute atomic E-state index is 15.3. The molecule has 16 heteroatoms. The Morgan fingerprint density at radius 3 is 2.52 bits per heavy atom. The van der Waals surface area contributed by atoms with Crippen LogP contribution < -0.4 is 10.6 Å². The number of pyridine rings is 1. The van der Waals surface area contributed by atoms with Gasteiger partial charge in [-0.15, -0.1) is 0 Å². The Balaban J connectivity index is 0.935. The highest BCUT2D eigenvalue weighted by molar-refractivity contribution is 6.03. The Kier molecular flexibility index (Phi) is 14.6. The molecule has 0 radical (unpaired) electrons. The minimum atomic E-state index is -1.83. The van der Waals surface area contributed by atoms with E-state index in [1.165, 1.54) is 11.0 Å². The number of nitrogens with one attached hydrogen (secondary N) is 2. The summed E-state index contributed by atoms with van der Waals surface area (Å²) < 4.78 is 26.2. The van der Waals surface area contributed by atoms with Gasteiger partial charge in [0.05, 0.1) is 35.4 Å². The van der Waals surface area contributed by atoms with Gasteiger partial charge in [0.2, 0.25) is 29.5 Å². The molecule has 4 aliphatic heterocycles. The lowest BCUT2D eigenvalue weighted by molar-refractivity contribution is -0.190. The molecule has 2 aromatic rings. The number of likely N-dealkylation sites (tertiary alicyclic amines) is 1. The van der Waals surface area contributed by atoms with E-state index >= 15 is 4.39 Å². The third-order valence-corrected chi connectivity index (χ3v) is 12.9. The summed E-state index contributed by atoms with van der Waals surface area (Å²) in [5.41, 5.74) is 1.75. The number of hydrogen-bond acceptors (Lipinski definition) is 11. The van der Waals surface area contributed by atoms with Crippen LogP contribution >= 0.6 is 0 Å². The number of nitrogens with zero attached hydrogens (tertiary/aromatic N) is 3. The highest BCUT2D eigenvalue weighted by Gasteiger charge is 2.56. The van der Waals surface area contributed by atoms with E-state index in [0.29, 0.717) is 74.1 Å².